The molecule has 3 N–H and O–H groups in total. The Bertz CT molecular complexity index is 490. The molecule has 0 spiro atoms. The molecule has 0 saturated carbocycles. The number of hydrogen-bond acceptors (Lipinski definition) is 2. The average molecular weight is 218 g/mol. The van der Waals surface area contributed by atoms with Crippen molar-refractivity contribution in [2.45, 2.75) is 6.42 Å². The van der Waals surface area contributed by atoms with Crippen LogP contribution in [0, 0.1) is 0 Å². The summed E-state index contributed by atoms with van der Waals surface area (Å²) in [5, 5.41) is 12.3. The van der Waals surface area contributed by atoms with E-state index in [4.69, 9.17) is 5.11 Å². The molecule has 1 amide bonds. The number of amides is 1. The molecule has 0 fully saturated rings. The van der Waals surface area contributed by atoms with Gasteiger partial charge in [0.1, 0.15) is 0 Å². The zero-order valence-electron chi connectivity index (χ0n) is 8.86. The van der Waals surface area contributed by atoms with Gasteiger partial charge in [-0.2, -0.15) is 0 Å². The van der Waals surface area contributed by atoms with Crippen LogP contribution in [0.2, 0.25) is 0 Å². The molecular formula is C12H14N2O2. The molecule has 0 bridgehead atoms. The fourth-order valence-corrected chi connectivity index (χ4v) is 1.66. The van der Waals surface area contributed by atoms with E-state index >= 15 is 0 Å². The van der Waals surface area contributed by atoms with Crippen LogP contribution in [0.3, 0.4) is 0 Å². The number of aliphatic hydroxyl groups excluding tert-OH is 1. The van der Waals surface area contributed by atoms with E-state index in [1.807, 2.05) is 30.5 Å². The largest absolute Gasteiger partial charge is 0.395 e. The number of aliphatic hydroxyl groups is 1. The molecule has 2 aromatic rings. The van der Waals surface area contributed by atoms with Gasteiger partial charge in [-0.25, -0.2) is 0 Å². The third-order valence-electron chi connectivity index (χ3n) is 2.42. The van der Waals surface area contributed by atoms with Gasteiger partial charge in [0.25, 0.3) is 0 Å². The van der Waals surface area contributed by atoms with E-state index in [1.165, 1.54) is 0 Å². The highest BCUT2D eigenvalue weighted by Gasteiger charge is 2.03. The number of benzene rings is 1. The molecule has 0 unspecified atom stereocenters. The van der Waals surface area contributed by atoms with Crippen molar-refractivity contribution in [2.75, 3.05) is 13.2 Å². The molecular weight excluding hydrogens is 204 g/mol. The van der Waals surface area contributed by atoms with Crippen LogP contribution < -0.4 is 5.32 Å². The van der Waals surface area contributed by atoms with E-state index in [-0.39, 0.29) is 12.5 Å². The number of H-pyrrole nitrogens is 1. The van der Waals surface area contributed by atoms with E-state index in [2.05, 4.69) is 10.3 Å². The Morgan fingerprint density at radius 2 is 2.25 bits per heavy atom. The third-order valence-corrected chi connectivity index (χ3v) is 2.42. The summed E-state index contributed by atoms with van der Waals surface area (Å²) in [7, 11) is 0. The molecule has 16 heavy (non-hydrogen) atoms. The molecule has 4 nitrogen and oxygen atoms in total. The lowest BCUT2D eigenvalue weighted by Gasteiger charge is -2.03. The van der Waals surface area contributed by atoms with Gasteiger partial charge < -0.3 is 15.4 Å². The van der Waals surface area contributed by atoms with Crippen LogP contribution in [0.25, 0.3) is 10.9 Å². The quantitative estimate of drug-likeness (QED) is 0.711. The molecule has 0 aliphatic rings. The number of rotatable bonds is 4. The first-order valence-electron chi connectivity index (χ1n) is 5.23. The molecule has 0 atom stereocenters. The zero-order chi connectivity index (χ0) is 11.4. The summed E-state index contributed by atoms with van der Waals surface area (Å²) in [6.45, 7) is 0.286. The maximum absolute atomic E-state index is 11.4. The van der Waals surface area contributed by atoms with Gasteiger partial charge in [-0.15, -0.1) is 0 Å². The summed E-state index contributed by atoms with van der Waals surface area (Å²) in [5.41, 5.74) is 2.04. The lowest BCUT2D eigenvalue weighted by atomic mass is 10.1. The highest BCUT2D eigenvalue weighted by atomic mass is 16.3. The van der Waals surface area contributed by atoms with Crippen LogP contribution in [-0.4, -0.2) is 29.1 Å². The summed E-state index contributed by atoms with van der Waals surface area (Å²) in [6, 6.07) is 7.86. The SMILES string of the molecule is O=C(Cc1ccc2[nH]ccc2c1)NCCO. The fourth-order valence-electron chi connectivity index (χ4n) is 1.66. The number of fused-ring (bicyclic) bond motifs is 1. The summed E-state index contributed by atoms with van der Waals surface area (Å²) >= 11 is 0. The normalized spacial score (nSPS) is 10.6. The predicted molar refractivity (Wildman–Crippen MR) is 62.1 cm³/mol. The van der Waals surface area contributed by atoms with E-state index in [0.29, 0.717) is 13.0 Å². The van der Waals surface area contributed by atoms with Gasteiger partial charge in [0, 0.05) is 18.3 Å². The Balaban J connectivity index is 2.06. The van der Waals surface area contributed by atoms with E-state index in [1.54, 1.807) is 0 Å². The number of aromatic amines is 1. The molecule has 84 valence electrons. The Kier molecular flexibility index (Phi) is 3.22. The lowest BCUT2D eigenvalue weighted by Crippen LogP contribution is -2.27. The van der Waals surface area contributed by atoms with Gasteiger partial charge in [0.15, 0.2) is 0 Å². The first-order valence-corrected chi connectivity index (χ1v) is 5.23. The van der Waals surface area contributed by atoms with Gasteiger partial charge in [-0.05, 0) is 29.1 Å². The van der Waals surface area contributed by atoms with Crippen LogP contribution >= 0.6 is 0 Å². The van der Waals surface area contributed by atoms with Crippen molar-refractivity contribution in [3.05, 3.63) is 36.0 Å². The van der Waals surface area contributed by atoms with Gasteiger partial charge in [-0.1, -0.05) is 6.07 Å². The highest BCUT2D eigenvalue weighted by Crippen LogP contribution is 2.14. The molecule has 0 aliphatic heterocycles. The van der Waals surface area contributed by atoms with Crippen LogP contribution in [0.1, 0.15) is 5.56 Å². The zero-order valence-corrected chi connectivity index (χ0v) is 8.86. The summed E-state index contributed by atoms with van der Waals surface area (Å²) in [6.07, 6.45) is 2.22. The molecule has 1 aromatic heterocycles. The minimum atomic E-state index is -0.0658. The lowest BCUT2D eigenvalue weighted by molar-refractivity contribution is -0.120. The van der Waals surface area contributed by atoms with Gasteiger partial charge in [0.2, 0.25) is 5.91 Å². The minimum absolute atomic E-state index is 0.0252. The van der Waals surface area contributed by atoms with Gasteiger partial charge in [-0.3, -0.25) is 4.79 Å². The third kappa shape index (κ3) is 2.41. The second-order valence-corrected chi connectivity index (χ2v) is 3.65. The van der Waals surface area contributed by atoms with Crippen LogP contribution in [0.4, 0.5) is 0 Å². The van der Waals surface area contributed by atoms with E-state index < -0.39 is 0 Å². The van der Waals surface area contributed by atoms with Crippen molar-refractivity contribution < 1.29 is 9.90 Å². The molecule has 1 aromatic carbocycles. The van der Waals surface area contributed by atoms with Crippen LogP contribution in [0.15, 0.2) is 30.5 Å². The van der Waals surface area contributed by atoms with Crippen LogP contribution in [-0.2, 0) is 11.2 Å². The molecule has 0 radical (unpaired) electrons. The Labute approximate surface area is 93.3 Å². The second-order valence-electron chi connectivity index (χ2n) is 3.65. The topological polar surface area (TPSA) is 65.1 Å². The average Bonchev–Trinajstić information content (AvgIpc) is 2.73. The van der Waals surface area contributed by atoms with Crippen molar-refractivity contribution >= 4 is 16.8 Å². The number of hydrogen-bond donors (Lipinski definition) is 3. The number of carbonyl (C=O) groups is 1. The first-order chi connectivity index (χ1) is 7.79. The van der Waals surface area contributed by atoms with Crippen molar-refractivity contribution in [2.24, 2.45) is 0 Å². The van der Waals surface area contributed by atoms with E-state index in [0.717, 1.165) is 16.5 Å². The Morgan fingerprint density at radius 1 is 1.38 bits per heavy atom. The maximum atomic E-state index is 11.4. The number of nitrogens with one attached hydrogen (secondary N) is 2. The van der Waals surface area contributed by atoms with Crippen molar-refractivity contribution in [1.82, 2.24) is 10.3 Å². The number of carbonyl (C=O) groups excluding carboxylic acids is 1. The standard InChI is InChI=1S/C12H14N2O2/c15-6-5-14-12(16)8-9-1-2-11-10(7-9)3-4-13-11/h1-4,7,13,15H,5-6,8H2,(H,14,16). The van der Waals surface area contributed by atoms with Crippen molar-refractivity contribution in [1.29, 1.82) is 0 Å². The van der Waals surface area contributed by atoms with E-state index in [9.17, 15) is 4.79 Å². The summed E-state index contributed by atoms with van der Waals surface area (Å²) in [4.78, 5) is 14.5. The fraction of sp³-hybridized carbons (Fsp3) is 0.250. The first kappa shape index (κ1) is 10.7. The Morgan fingerprint density at radius 3 is 3.06 bits per heavy atom. The molecule has 0 aliphatic carbocycles. The van der Waals surface area contributed by atoms with Gasteiger partial charge in [0.05, 0.1) is 13.0 Å². The monoisotopic (exact) mass is 218 g/mol. The molecule has 4 heteroatoms. The summed E-state index contributed by atoms with van der Waals surface area (Å²) in [5.74, 6) is -0.0658. The minimum Gasteiger partial charge on any atom is -0.395 e. The second kappa shape index (κ2) is 4.81. The smallest absolute Gasteiger partial charge is 0.224 e. The van der Waals surface area contributed by atoms with Crippen molar-refractivity contribution in [3.63, 3.8) is 0 Å². The maximum Gasteiger partial charge on any atom is 0.224 e. The van der Waals surface area contributed by atoms with Crippen molar-refractivity contribution in [3.8, 4) is 0 Å². The van der Waals surface area contributed by atoms with Crippen LogP contribution in [0.5, 0.6) is 0 Å². The predicted octanol–water partition coefficient (Wildman–Crippen LogP) is 0.819. The molecule has 0 saturated heterocycles. The molecule has 1 heterocycles. The molecule has 2 rings (SSSR count). The Hall–Kier alpha value is -1.81. The van der Waals surface area contributed by atoms with Gasteiger partial charge >= 0.3 is 0 Å². The number of aromatic nitrogens is 1. The highest BCUT2D eigenvalue weighted by molar-refractivity contribution is 5.83. The summed E-state index contributed by atoms with van der Waals surface area (Å²) < 4.78 is 0.